The summed E-state index contributed by atoms with van der Waals surface area (Å²) in [6.07, 6.45) is 2.15. The number of benzene rings is 3. The maximum absolute atomic E-state index is 2.22. The minimum atomic E-state index is 0. The Bertz CT molecular complexity index is 810. The molecule has 108 valence electrons. The summed E-state index contributed by atoms with van der Waals surface area (Å²) in [4.78, 5) is 0. The lowest BCUT2D eigenvalue weighted by Crippen LogP contribution is -3.00. The van der Waals surface area contributed by atoms with E-state index in [1.54, 1.807) is 0 Å². The van der Waals surface area contributed by atoms with Crippen molar-refractivity contribution in [3.05, 3.63) is 91.3 Å². The van der Waals surface area contributed by atoms with E-state index in [-0.39, 0.29) is 24.0 Å². The second-order valence-corrected chi connectivity index (χ2v) is 5.02. The number of imidazole rings is 1. The molecule has 0 N–H and O–H groups in total. The third-order valence-corrected chi connectivity index (χ3v) is 3.70. The third kappa shape index (κ3) is 2.52. The molecule has 0 aliphatic carbocycles. The van der Waals surface area contributed by atoms with Crippen LogP contribution >= 0.6 is 0 Å². The molecule has 0 atom stereocenters. The van der Waals surface area contributed by atoms with Crippen molar-refractivity contribution in [2.24, 2.45) is 0 Å². The van der Waals surface area contributed by atoms with E-state index < -0.39 is 0 Å². The van der Waals surface area contributed by atoms with Crippen LogP contribution in [-0.4, -0.2) is 4.57 Å². The second-order valence-electron chi connectivity index (χ2n) is 5.02. The molecule has 0 radical (unpaired) electrons. The van der Waals surface area contributed by atoms with Crippen LogP contribution in [0.4, 0.5) is 0 Å². The van der Waals surface area contributed by atoms with Crippen LogP contribution in [0.5, 0.6) is 0 Å². The predicted molar refractivity (Wildman–Crippen MR) is 84.8 cm³/mol. The molecule has 0 bridgehead atoms. The van der Waals surface area contributed by atoms with Gasteiger partial charge >= 0.3 is 0 Å². The maximum atomic E-state index is 2.22. The Morgan fingerprint density at radius 3 is 1.95 bits per heavy atom. The van der Waals surface area contributed by atoms with Crippen LogP contribution in [0, 0.1) is 0 Å². The Balaban J connectivity index is 0.00000144. The summed E-state index contributed by atoms with van der Waals surface area (Å²) in [7, 11) is 0. The summed E-state index contributed by atoms with van der Waals surface area (Å²) in [6.45, 7) is 0. The molecule has 0 aliphatic rings. The van der Waals surface area contributed by atoms with E-state index in [0.29, 0.717) is 0 Å². The van der Waals surface area contributed by atoms with Crippen molar-refractivity contribution in [3.63, 3.8) is 0 Å². The van der Waals surface area contributed by atoms with Crippen LogP contribution < -0.4 is 28.5 Å². The molecule has 3 heteroatoms. The number of hydrogen-bond donors (Lipinski definition) is 0. The number of para-hydroxylation sites is 4. The van der Waals surface area contributed by atoms with Crippen molar-refractivity contribution in [3.8, 4) is 11.4 Å². The average Bonchev–Trinajstić information content (AvgIpc) is 2.96. The molecule has 1 aromatic heterocycles. The van der Waals surface area contributed by atoms with E-state index in [4.69, 9.17) is 0 Å². The second kappa shape index (κ2) is 6.32. The highest BCUT2D eigenvalue weighted by atomic mass is 127. The molecule has 22 heavy (non-hydrogen) atoms. The van der Waals surface area contributed by atoms with Crippen molar-refractivity contribution in [1.82, 2.24) is 4.57 Å². The number of halogens is 1. The minimum Gasteiger partial charge on any atom is -1.00 e. The summed E-state index contributed by atoms with van der Waals surface area (Å²) in [5.41, 5.74) is 4.74. The highest BCUT2D eigenvalue weighted by Crippen LogP contribution is 2.18. The van der Waals surface area contributed by atoms with E-state index >= 15 is 0 Å². The topological polar surface area (TPSA) is 8.81 Å². The number of rotatable bonds is 2. The summed E-state index contributed by atoms with van der Waals surface area (Å²) < 4.78 is 4.45. The van der Waals surface area contributed by atoms with Crippen LogP contribution in [0.2, 0.25) is 0 Å². The Morgan fingerprint density at radius 2 is 1.23 bits per heavy atom. The van der Waals surface area contributed by atoms with Crippen molar-refractivity contribution in [1.29, 1.82) is 0 Å². The molecular weight excluding hydrogens is 383 g/mol. The predicted octanol–water partition coefficient (Wildman–Crippen LogP) is 0.911. The zero-order chi connectivity index (χ0) is 14.1. The van der Waals surface area contributed by atoms with Crippen LogP contribution in [-0.2, 0) is 0 Å². The Morgan fingerprint density at radius 1 is 0.636 bits per heavy atom. The maximum Gasteiger partial charge on any atom is 0.255 e. The van der Waals surface area contributed by atoms with Gasteiger partial charge in [0, 0.05) is 0 Å². The van der Waals surface area contributed by atoms with Gasteiger partial charge in [0.15, 0.2) is 11.0 Å². The average molecular weight is 398 g/mol. The SMILES string of the molecule is [I-].c1ccc(-n2c[n+](-c3ccccc3)c3ccccc32)cc1. The van der Waals surface area contributed by atoms with Gasteiger partial charge in [0.2, 0.25) is 0 Å². The minimum absolute atomic E-state index is 0. The normalized spacial score (nSPS) is 10.4. The van der Waals surface area contributed by atoms with E-state index in [9.17, 15) is 0 Å². The van der Waals surface area contributed by atoms with Gasteiger partial charge in [-0.15, -0.1) is 0 Å². The highest BCUT2D eigenvalue weighted by Gasteiger charge is 2.17. The fourth-order valence-corrected chi connectivity index (χ4v) is 2.70. The first kappa shape index (κ1) is 14.8. The third-order valence-electron chi connectivity index (χ3n) is 3.70. The molecule has 0 fully saturated rings. The molecule has 0 spiro atoms. The van der Waals surface area contributed by atoms with Gasteiger partial charge in [-0.3, -0.25) is 0 Å². The molecular formula is C19H15IN2. The first-order valence-electron chi connectivity index (χ1n) is 7.06. The van der Waals surface area contributed by atoms with Crippen LogP contribution in [0.1, 0.15) is 0 Å². The standard InChI is InChI=1S/C19H15N2.HI/c1-3-9-16(10-4-1)20-15-21(17-11-5-2-6-12-17)19-14-8-7-13-18(19)20;/h1-15H;1H/q+1;/p-1. The zero-order valence-corrected chi connectivity index (χ0v) is 14.1. The lowest BCUT2D eigenvalue weighted by Gasteiger charge is -1.95. The van der Waals surface area contributed by atoms with Gasteiger partial charge in [0.25, 0.3) is 6.33 Å². The fraction of sp³-hybridized carbons (Fsp3) is 0. The van der Waals surface area contributed by atoms with Crippen molar-refractivity contribution in [2.45, 2.75) is 0 Å². The Labute approximate surface area is 146 Å². The molecule has 0 saturated heterocycles. The summed E-state index contributed by atoms with van der Waals surface area (Å²) in [5, 5.41) is 0. The van der Waals surface area contributed by atoms with Crippen molar-refractivity contribution >= 4 is 11.0 Å². The monoisotopic (exact) mass is 398 g/mol. The van der Waals surface area contributed by atoms with Gasteiger partial charge in [-0.25, -0.2) is 0 Å². The van der Waals surface area contributed by atoms with Gasteiger partial charge in [-0.1, -0.05) is 48.5 Å². The molecule has 0 aliphatic heterocycles. The Hall–Kier alpha value is -2.14. The smallest absolute Gasteiger partial charge is 0.255 e. The van der Waals surface area contributed by atoms with Gasteiger partial charge in [-0.2, -0.15) is 9.13 Å². The number of fused-ring (bicyclic) bond motifs is 1. The van der Waals surface area contributed by atoms with Crippen molar-refractivity contribution < 1.29 is 28.5 Å². The van der Waals surface area contributed by atoms with Gasteiger partial charge in [-0.05, 0) is 36.4 Å². The van der Waals surface area contributed by atoms with Gasteiger partial charge in [0.1, 0.15) is 11.4 Å². The molecule has 3 aromatic carbocycles. The number of aromatic nitrogens is 2. The Kier molecular flexibility index (Phi) is 4.24. The van der Waals surface area contributed by atoms with E-state index in [0.717, 1.165) is 0 Å². The van der Waals surface area contributed by atoms with Crippen LogP contribution in [0.25, 0.3) is 22.4 Å². The van der Waals surface area contributed by atoms with E-state index in [1.165, 1.54) is 22.4 Å². The first-order valence-corrected chi connectivity index (χ1v) is 7.06. The molecule has 0 unspecified atom stereocenters. The quantitative estimate of drug-likeness (QED) is 0.351. The summed E-state index contributed by atoms with van der Waals surface area (Å²) >= 11 is 0. The van der Waals surface area contributed by atoms with E-state index in [1.807, 2.05) is 12.1 Å². The van der Waals surface area contributed by atoms with Gasteiger partial charge < -0.3 is 24.0 Å². The number of nitrogens with zero attached hydrogens (tertiary/aromatic N) is 2. The highest BCUT2D eigenvalue weighted by molar-refractivity contribution is 5.74. The lowest BCUT2D eigenvalue weighted by molar-refractivity contribution is -0.567. The van der Waals surface area contributed by atoms with E-state index in [2.05, 4.69) is 88.3 Å². The molecule has 4 aromatic rings. The number of hydrogen-bond acceptors (Lipinski definition) is 0. The van der Waals surface area contributed by atoms with Crippen molar-refractivity contribution in [2.75, 3.05) is 0 Å². The molecule has 2 nitrogen and oxygen atoms in total. The largest absolute Gasteiger partial charge is 1.00 e. The molecule has 1 heterocycles. The summed E-state index contributed by atoms with van der Waals surface area (Å²) in [6, 6.07) is 29.3. The molecule has 4 rings (SSSR count). The molecule has 0 saturated carbocycles. The van der Waals surface area contributed by atoms with Crippen LogP contribution in [0.3, 0.4) is 0 Å². The fourth-order valence-electron chi connectivity index (χ4n) is 2.70. The summed E-state index contributed by atoms with van der Waals surface area (Å²) in [5.74, 6) is 0. The van der Waals surface area contributed by atoms with Crippen LogP contribution in [0.15, 0.2) is 91.3 Å². The lowest BCUT2D eigenvalue weighted by atomic mass is 10.2. The first-order chi connectivity index (χ1) is 10.4. The van der Waals surface area contributed by atoms with Gasteiger partial charge in [0.05, 0.1) is 0 Å². The zero-order valence-electron chi connectivity index (χ0n) is 11.9. The molecule has 0 amide bonds.